The number of aromatic nitrogens is 3. The van der Waals surface area contributed by atoms with Crippen molar-refractivity contribution in [3.8, 4) is 11.4 Å². The molecule has 1 atom stereocenters. The molecule has 3 aromatic rings. The zero-order chi connectivity index (χ0) is 21.3. The average Bonchev–Trinajstić information content (AvgIpc) is 3.08. The fraction of sp³-hybridized carbons (Fsp3) is 0.429. The van der Waals surface area contributed by atoms with Crippen LogP contribution in [0.5, 0.6) is 0 Å². The van der Waals surface area contributed by atoms with Gasteiger partial charge in [-0.25, -0.2) is 18.4 Å². The van der Waals surface area contributed by atoms with Crippen molar-refractivity contribution < 1.29 is 13.2 Å². The van der Waals surface area contributed by atoms with Crippen LogP contribution >= 0.6 is 0 Å². The Morgan fingerprint density at radius 2 is 2.07 bits per heavy atom. The molecule has 8 nitrogen and oxygen atoms in total. The molecule has 4 heterocycles. The molecule has 1 aliphatic heterocycles. The average molecular weight is 430 g/mol. The molecule has 9 heteroatoms. The molecule has 2 N–H and O–H groups in total. The molecule has 0 aromatic carbocycles. The SMILES string of the molecule is CNCc1cc2nc(-c3cc(CS(C)(=O)=O)cc(N4CCOC[C@H]4C)n3)ccc2[nH]1. The first-order valence-electron chi connectivity index (χ1n) is 9.99. The number of pyridine rings is 2. The van der Waals surface area contributed by atoms with Gasteiger partial charge in [-0.3, -0.25) is 0 Å². The van der Waals surface area contributed by atoms with Crippen molar-refractivity contribution in [1.29, 1.82) is 0 Å². The molecular weight excluding hydrogens is 402 g/mol. The zero-order valence-corrected chi connectivity index (χ0v) is 18.3. The van der Waals surface area contributed by atoms with Crippen molar-refractivity contribution in [1.82, 2.24) is 20.3 Å². The van der Waals surface area contributed by atoms with E-state index in [1.807, 2.05) is 37.4 Å². The summed E-state index contributed by atoms with van der Waals surface area (Å²) in [6, 6.07) is 9.77. The summed E-state index contributed by atoms with van der Waals surface area (Å²) in [6.07, 6.45) is 1.25. The lowest BCUT2D eigenvalue weighted by Crippen LogP contribution is -2.44. The van der Waals surface area contributed by atoms with Crippen LogP contribution < -0.4 is 10.2 Å². The number of ether oxygens (including phenoxy) is 1. The van der Waals surface area contributed by atoms with Crippen LogP contribution in [-0.2, 0) is 26.9 Å². The van der Waals surface area contributed by atoms with Gasteiger partial charge in [-0.05, 0) is 49.9 Å². The van der Waals surface area contributed by atoms with E-state index in [1.54, 1.807) is 0 Å². The van der Waals surface area contributed by atoms with Crippen molar-refractivity contribution >= 4 is 26.7 Å². The monoisotopic (exact) mass is 429 g/mol. The summed E-state index contributed by atoms with van der Waals surface area (Å²) < 4.78 is 29.5. The maximum Gasteiger partial charge on any atom is 0.151 e. The Balaban J connectivity index is 1.78. The Hall–Kier alpha value is -2.49. The van der Waals surface area contributed by atoms with E-state index in [0.29, 0.717) is 31.0 Å². The van der Waals surface area contributed by atoms with Crippen molar-refractivity contribution in [2.75, 3.05) is 38.0 Å². The molecule has 3 aromatic heterocycles. The van der Waals surface area contributed by atoms with Crippen LogP contribution in [0.25, 0.3) is 22.4 Å². The van der Waals surface area contributed by atoms with Crippen LogP contribution in [0.3, 0.4) is 0 Å². The topological polar surface area (TPSA) is 100 Å². The molecule has 160 valence electrons. The quantitative estimate of drug-likeness (QED) is 0.619. The number of rotatable bonds is 6. The van der Waals surface area contributed by atoms with E-state index in [2.05, 4.69) is 22.1 Å². The molecule has 0 radical (unpaired) electrons. The van der Waals surface area contributed by atoms with Gasteiger partial charge < -0.3 is 19.9 Å². The summed E-state index contributed by atoms with van der Waals surface area (Å²) in [7, 11) is -1.28. The van der Waals surface area contributed by atoms with E-state index in [9.17, 15) is 8.42 Å². The van der Waals surface area contributed by atoms with Gasteiger partial charge in [-0.2, -0.15) is 0 Å². The molecule has 0 amide bonds. The number of nitrogens with one attached hydrogen (secondary N) is 2. The fourth-order valence-electron chi connectivity index (χ4n) is 3.80. The number of H-pyrrole nitrogens is 1. The van der Waals surface area contributed by atoms with Crippen LogP contribution in [-0.4, -0.2) is 62.5 Å². The summed E-state index contributed by atoms with van der Waals surface area (Å²) in [5, 5.41) is 3.12. The van der Waals surface area contributed by atoms with E-state index in [1.165, 1.54) is 6.26 Å². The van der Waals surface area contributed by atoms with Crippen LogP contribution in [0.15, 0.2) is 30.3 Å². The minimum atomic E-state index is -3.18. The molecular formula is C21H27N5O3S. The minimum Gasteiger partial charge on any atom is -0.377 e. The van der Waals surface area contributed by atoms with Gasteiger partial charge in [0.15, 0.2) is 9.84 Å². The fourth-order valence-corrected chi connectivity index (χ4v) is 4.57. The number of morpholine rings is 1. The Bertz CT molecular complexity index is 1160. The first-order chi connectivity index (χ1) is 14.3. The summed E-state index contributed by atoms with van der Waals surface area (Å²) in [6.45, 7) is 4.77. The number of nitrogens with zero attached hydrogens (tertiary/aromatic N) is 3. The Labute approximate surface area is 176 Å². The third-order valence-electron chi connectivity index (χ3n) is 5.12. The van der Waals surface area contributed by atoms with Crippen molar-refractivity contribution in [2.45, 2.75) is 25.3 Å². The predicted octanol–water partition coefficient (Wildman–Crippen LogP) is 2.11. The zero-order valence-electron chi connectivity index (χ0n) is 17.5. The highest BCUT2D eigenvalue weighted by atomic mass is 32.2. The molecule has 1 saturated heterocycles. The van der Waals surface area contributed by atoms with Gasteiger partial charge in [-0.15, -0.1) is 0 Å². The molecule has 4 rings (SSSR count). The first kappa shape index (κ1) is 20.8. The highest BCUT2D eigenvalue weighted by Crippen LogP contribution is 2.27. The Morgan fingerprint density at radius 3 is 2.80 bits per heavy atom. The lowest BCUT2D eigenvalue weighted by Gasteiger charge is -2.34. The lowest BCUT2D eigenvalue weighted by atomic mass is 10.1. The predicted molar refractivity (Wildman–Crippen MR) is 118 cm³/mol. The Kier molecular flexibility index (Phi) is 5.77. The number of hydrogen-bond donors (Lipinski definition) is 2. The van der Waals surface area contributed by atoms with Gasteiger partial charge in [0, 0.05) is 25.0 Å². The van der Waals surface area contributed by atoms with Crippen LogP contribution in [0.2, 0.25) is 0 Å². The normalized spacial score (nSPS) is 17.6. The molecule has 30 heavy (non-hydrogen) atoms. The van der Waals surface area contributed by atoms with Gasteiger partial charge >= 0.3 is 0 Å². The first-order valence-corrected chi connectivity index (χ1v) is 12.0. The molecule has 0 spiro atoms. The second-order valence-electron chi connectivity index (χ2n) is 7.86. The second-order valence-corrected chi connectivity index (χ2v) is 10.0. The van der Waals surface area contributed by atoms with Gasteiger partial charge in [-0.1, -0.05) is 0 Å². The Morgan fingerprint density at radius 1 is 1.23 bits per heavy atom. The largest absolute Gasteiger partial charge is 0.377 e. The molecule has 1 fully saturated rings. The number of fused-ring (bicyclic) bond motifs is 1. The van der Waals surface area contributed by atoms with E-state index < -0.39 is 9.84 Å². The van der Waals surface area contributed by atoms with Crippen molar-refractivity contribution in [2.24, 2.45) is 0 Å². The number of sulfone groups is 1. The lowest BCUT2D eigenvalue weighted by molar-refractivity contribution is 0.0985. The molecule has 0 bridgehead atoms. The minimum absolute atomic E-state index is 0.0348. The van der Waals surface area contributed by atoms with E-state index in [4.69, 9.17) is 14.7 Å². The molecule has 0 saturated carbocycles. The van der Waals surface area contributed by atoms with Gasteiger partial charge in [0.1, 0.15) is 5.82 Å². The van der Waals surface area contributed by atoms with E-state index in [-0.39, 0.29) is 11.8 Å². The van der Waals surface area contributed by atoms with Gasteiger partial charge in [0.05, 0.1) is 47.4 Å². The summed E-state index contributed by atoms with van der Waals surface area (Å²) in [5.41, 5.74) is 4.97. The maximum atomic E-state index is 12.0. The summed E-state index contributed by atoms with van der Waals surface area (Å²) in [4.78, 5) is 15.1. The summed E-state index contributed by atoms with van der Waals surface area (Å²) >= 11 is 0. The molecule has 1 aliphatic rings. The molecule has 0 aliphatic carbocycles. The third kappa shape index (κ3) is 4.63. The number of anilines is 1. The van der Waals surface area contributed by atoms with Gasteiger partial charge in [0.25, 0.3) is 0 Å². The smallest absolute Gasteiger partial charge is 0.151 e. The second kappa shape index (κ2) is 8.33. The maximum absolute atomic E-state index is 12.0. The third-order valence-corrected chi connectivity index (χ3v) is 5.98. The number of hydrogen-bond acceptors (Lipinski definition) is 7. The van der Waals surface area contributed by atoms with E-state index >= 15 is 0 Å². The van der Waals surface area contributed by atoms with E-state index in [0.717, 1.165) is 34.8 Å². The van der Waals surface area contributed by atoms with Crippen molar-refractivity contribution in [3.63, 3.8) is 0 Å². The molecule has 0 unspecified atom stereocenters. The van der Waals surface area contributed by atoms with Crippen LogP contribution in [0.1, 0.15) is 18.2 Å². The highest BCUT2D eigenvalue weighted by Gasteiger charge is 2.22. The number of aromatic amines is 1. The van der Waals surface area contributed by atoms with Crippen LogP contribution in [0.4, 0.5) is 5.82 Å². The van der Waals surface area contributed by atoms with Crippen LogP contribution in [0, 0.1) is 0 Å². The van der Waals surface area contributed by atoms with Gasteiger partial charge in [0.2, 0.25) is 0 Å². The van der Waals surface area contributed by atoms with Crippen molar-refractivity contribution in [3.05, 3.63) is 41.6 Å². The highest BCUT2D eigenvalue weighted by molar-refractivity contribution is 7.89. The summed E-state index contributed by atoms with van der Waals surface area (Å²) in [5.74, 6) is 0.723. The standard InChI is InChI=1S/C21H27N5O3S/c1-14-12-29-7-6-26(14)21-9-15(13-30(3,27)28)8-19(25-21)18-5-4-17-20(24-18)10-16(23-17)11-22-2/h4-5,8-10,14,22-23H,6-7,11-13H2,1-3H3/t14-/m1/s1.